The molecule has 2 aromatic carbocycles. The Morgan fingerprint density at radius 2 is 1.76 bits per heavy atom. The highest BCUT2D eigenvalue weighted by atomic mass is 32.2. The number of oxazole rings is 1. The predicted octanol–water partition coefficient (Wildman–Crippen LogP) is 2.92. The Kier molecular flexibility index (Phi) is 4.96. The van der Waals surface area contributed by atoms with Gasteiger partial charge in [0.2, 0.25) is 10.0 Å². The van der Waals surface area contributed by atoms with E-state index in [-0.39, 0.29) is 5.69 Å². The molecule has 29 heavy (non-hydrogen) atoms. The second kappa shape index (κ2) is 7.00. The fourth-order valence-electron chi connectivity index (χ4n) is 2.50. The van der Waals surface area contributed by atoms with Crippen LogP contribution in [-0.2, 0) is 10.0 Å². The Hall–Kier alpha value is -3.19. The first-order valence-corrected chi connectivity index (χ1v) is 9.00. The van der Waals surface area contributed by atoms with E-state index in [4.69, 9.17) is 5.14 Å². The summed E-state index contributed by atoms with van der Waals surface area (Å²) in [6.45, 7) is 0. The van der Waals surface area contributed by atoms with Crippen LogP contribution in [0.25, 0.3) is 16.9 Å². The molecular formula is C16H9F5N2O5S. The Balaban J connectivity index is 2.17. The second-order valence-corrected chi connectivity index (χ2v) is 7.10. The Morgan fingerprint density at radius 1 is 1.07 bits per heavy atom. The number of nitrogens with two attached hydrogens (primary N) is 1. The first-order valence-electron chi connectivity index (χ1n) is 7.46. The maximum atomic E-state index is 14.4. The fourth-order valence-corrected chi connectivity index (χ4v) is 3.10. The number of ether oxygens (including phenoxy) is 1. The van der Waals surface area contributed by atoms with Crippen LogP contribution in [0.2, 0.25) is 0 Å². The largest absolute Gasteiger partial charge is 0.573 e. The molecular weight excluding hydrogens is 427 g/mol. The lowest BCUT2D eigenvalue weighted by atomic mass is 10.1. The number of primary sulfonamides is 1. The van der Waals surface area contributed by atoms with Crippen LogP contribution in [0.3, 0.4) is 0 Å². The lowest BCUT2D eigenvalue weighted by molar-refractivity contribution is -0.274. The van der Waals surface area contributed by atoms with Crippen LogP contribution in [0.4, 0.5) is 22.0 Å². The minimum atomic E-state index is -5.00. The third-order valence-corrected chi connectivity index (χ3v) is 4.53. The molecule has 0 aliphatic heterocycles. The zero-order valence-corrected chi connectivity index (χ0v) is 14.7. The summed E-state index contributed by atoms with van der Waals surface area (Å²) < 4.78 is 97.4. The van der Waals surface area contributed by atoms with Gasteiger partial charge in [-0.3, -0.25) is 0 Å². The van der Waals surface area contributed by atoms with Gasteiger partial charge in [-0.2, -0.15) is 0 Å². The number of benzene rings is 2. The van der Waals surface area contributed by atoms with Gasteiger partial charge in [-0.15, -0.1) is 13.2 Å². The van der Waals surface area contributed by atoms with Crippen molar-refractivity contribution in [2.24, 2.45) is 5.14 Å². The number of hydrogen-bond acceptors (Lipinski definition) is 5. The monoisotopic (exact) mass is 436 g/mol. The zero-order chi connectivity index (χ0) is 21.6. The average Bonchev–Trinajstić information content (AvgIpc) is 2.95. The molecule has 154 valence electrons. The van der Waals surface area contributed by atoms with Crippen LogP contribution >= 0.6 is 0 Å². The summed E-state index contributed by atoms with van der Waals surface area (Å²) in [5.41, 5.74) is -1.20. The van der Waals surface area contributed by atoms with Gasteiger partial charge >= 0.3 is 12.1 Å². The summed E-state index contributed by atoms with van der Waals surface area (Å²) in [7, 11) is -4.57. The number of alkyl halides is 3. The van der Waals surface area contributed by atoms with Gasteiger partial charge in [-0.1, -0.05) is 6.07 Å². The number of halogens is 5. The molecule has 3 aromatic rings. The molecule has 2 N–H and O–H groups in total. The molecule has 0 bridgehead atoms. The van der Waals surface area contributed by atoms with Gasteiger partial charge in [0.05, 0.1) is 11.4 Å². The second-order valence-electron chi connectivity index (χ2n) is 5.57. The molecule has 3 rings (SSSR count). The first kappa shape index (κ1) is 20.5. The summed E-state index contributed by atoms with van der Waals surface area (Å²) in [6.07, 6.45) is -4.27. The molecule has 0 aliphatic carbocycles. The van der Waals surface area contributed by atoms with Crippen LogP contribution < -0.4 is 15.6 Å². The van der Waals surface area contributed by atoms with Crippen molar-refractivity contribution in [3.63, 3.8) is 0 Å². The fraction of sp³-hybridized carbons (Fsp3) is 0.0625. The van der Waals surface area contributed by atoms with Crippen molar-refractivity contribution < 1.29 is 39.5 Å². The third kappa shape index (κ3) is 4.30. The van der Waals surface area contributed by atoms with Gasteiger partial charge in [-0.25, -0.2) is 31.7 Å². The van der Waals surface area contributed by atoms with E-state index in [0.717, 1.165) is 24.5 Å². The smallest absolute Gasteiger partial charge is 0.415 e. The summed E-state index contributed by atoms with van der Waals surface area (Å²) in [5.74, 6) is -4.48. The lowest BCUT2D eigenvalue weighted by Crippen LogP contribution is -2.18. The van der Waals surface area contributed by atoms with E-state index in [1.54, 1.807) is 0 Å². The highest BCUT2D eigenvalue weighted by molar-refractivity contribution is 7.89. The van der Waals surface area contributed by atoms with Crippen LogP contribution in [0, 0.1) is 11.6 Å². The van der Waals surface area contributed by atoms with Gasteiger partial charge in [0.1, 0.15) is 28.5 Å². The van der Waals surface area contributed by atoms with Crippen molar-refractivity contribution in [2.45, 2.75) is 11.3 Å². The zero-order valence-electron chi connectivity index (χ0n) is 13.9. The number of aromatic nitrogens is 1. The highest BCUT2D eigenvalue weighted by Crippen LogP contribution is 2.30. The molecule has 0 radical (unpaired) electrons. The lowest BCUT2D eigenvalue weighted by Gasteiger charge is -2.12. The van der Waals surface area contributed by atoms with Gasteiger partial charge in [0.25, 0.3) is 0 Å². The summed E-state index contributed by atoms with van der Waals surface area (Å²) in [4.78, 5) is 10.9. The molecule has 0 spiro atoms. The maximum absolute atomic E-state index is 14.4. The topological polar surface area (TPSA) is 105 Å². The minimum Gasteiger partial charge on any atom is -0.415 e. The summed E-state index contributed by atoms with van der Waals surface area (Å²) in [5, 5.41) is 4.79. The van der Waals surface area contributed by atoms with E-state index >= 15 is 0 Å². The van der Waals surface area contributed by atoms with Crippen LogP contribution in [0.15, 0.2) is 56.8 Å². The van der Waals surface area contributed by atoms with Gasteiger partial charge in [0, 0.05) is 11.6 Å². The van der Waals surface area contributed by atoms with Gasteiger partial charge < -0.3 is 9.15 Å². The van der Waals surface area contributed by atoms with Crippen molar-refractivity contribution in [3.8, 4) is 22.7 Å². The van der Waals surface area contributed by atoms with Gasteiger partial charge in [-0.05, 0) is 24.3 Å². The number of sulfonamides is 1. The van der Waals surface area contributed by atoms with Crippen molar-refractivity contribution in [2.75, 3.05) is 0 Å². The molecule has 7 nitrogen and oxygen atoms in total. The van der Waals surface area contributed by atoms with Gasteiger partial charge in [0.15, 0.2) is 0 Å². The highest BCUT2D eigenvalue weighted by Gasteiger charge is 2.31. The van der Waals surface area contributed by atoms with Crippen LogP contribution in [-0.4, -0.2) is 19.3 Å². The molecule has 0 fully saturated rings. The quantitative estimate of drug-likeness (QED) is 0.634. The molecule has 0 aliphatic rings. The minimum absolute atomic E-state index is 0.212. The normalized spacial score (nSPS) is 12.2. The van der Waals surface area contributed by atoms with E-state index in [2.05, 4.69) is 9.15 Å². The molecule has 0 saturated carbocycles. The SMILES string of the molecule is NS(=O)(=O)c1cc(F)c(-c2coc(=O)n2-c2cccc(OC(F)(F)F)c2)cc1F. The van der Waals surface area contributed by atoms with Crippen molar-refractivity contribution in [1.82, 2.24) is 4.57 Å². The summed E-state index contributed by atoms with van der Waals surface area (Å²) >= 11 is 0. The van der Waals surface area contributed by atoms with Crippen molar-refractivity contribution in [3.05, 3.63) is 64.8 Å². The number of hydrogen-bond donors (Lipinski definition) is 1. The van der Waals surface area contributed by atoms with E-state index in [9.17, 15) is 35.2 Å². The first-order chi connectivity index (χ1) is 13.4. The summed E-state index contributed by atoms with van der Waals surface area (Å²) in [6, 6.07) is 4.87. The maximum Gasteiger partial charge on any atom is 0.573 e. The number of nitrogens with zero attached hydrogens (tertiary/aromatic N) is 1. The Morgan fingerprint density at radius 3 is 2.38 bits per heavy atom. The molecule has 0 unspecified atom stereocenters. The third-order valence-electron chi connectivity index (χ3n) is 3.61. The molecule has 13 heteroatoms. The average molecular weight is 436 g/mol. The van der Waals surface area contributed by atoms with Crippen LogP contribution in [0.5, 0.6) is 5.75 Å². The molecule has 1 aromatic heterocycles. The molecule has 0 saturated heterocycles. The Labute approximate surface area is 158 Å². The van der Waals surface area contributed by atoms with E-state index < -0.39 is 55.7 Å². The molecule has 1 heterocycles. The number of rotatable bonds is 4. The van der Waals surface area contributed by atoms with Crippen molar-refractivity contribution in [1.29, 1.82) is 0 Å². The predicted molar refractivity (Wildman–Crippen MR) is 87.7 cm³/mol. The van der Waals surface area contributed by atoms with E-state index in [1.807, 2.05) is 0 Å². The Bertz CT molecular complexity index is 1250. The van der Waals surface area contributed by atoms with E-state index in [1.165, 1.54) is 6.07 Å². The van der Waals surface area contributed by atoms with Crippen molar-refractivity contribution >= 4 is 10.0 Å². The van der Waals surface area contributed by atoms with E-state index in [0.29, 0.717) is 16.7 Å². The molecule has 0 amide bonds. The standard InChI is InChI=1S/C16H9F5N2O5S/c17-11-6-14(29(22,25)26)12(18)5-10(11)13-7-27-15(24)23(13)8-2-1-3-9(4-8)28-16(19,20)21/h1-7H,(H2,22,25,26). The molecule has 0 atom stereocenters. The van der Waals surface area contributed by atoms with Crippen LogP contribution in [0.1, 0.15) is 0 Å².